The molecule has 1 aliphatic carbocycles. The quantitative estimate of drug-likeness (QED) is 0.817. The van der Waals surface area contributed by atoms with Gasteiger partial charge in [0.25, 0.3) is 0 Å². The zero-order chi connectivity index (χ0) is 13.9. The molecule has 0 amide bonds. The molecule has 1 aliphatic heterocycles. The van der Waals surface area contributed by atoms with Crippen LogP contribution in [-0.2, 0) is 0 Å². The first-order chi connectivity index (χ1) is 9.04. The maximum absolute atomic E-state index is 3.74. The van der Waals surface area contributed by atoms with Gasteiger partial charge >= 0.3 is 0 Å². The summed E-state index contributed by atoms with van der Waals surface area (Å²) < 4.78 is 0. The van der Waals surface area contributed by atoms with E-state index in [1.165, 1.54) is 58.2 Å². The Hall–Kier alpha value is -0.0800. The fourth-order valence-electron chi connectivity index (χ4n) is 4.12. The molecule has 2 aliphatic rings. The molecule has 1 heterocycles. The Morgan fingerprint density at radius 3 is 2.53 bits per heavy atom. The van der Waals surface area contributed by atoms with E-state index in [0.717, 1.165) is 5.92 Å². The van der Waals surface area contributed by atoms with Crippen molar-refractivity contribution in [3.63, 3.8) is 0 Å². The lowest BCUT2D eigenvalue weighted by molar-refractivity contribution is 0.0725. The highest BCUT2D eigenvalue weighted by Crippen LogP contribution is 2.42. The standard InChI is InChI=1S/C17H34N2/c1-5-17(8-6-7-9-17)13-19-12-16(10-14(2)3)18-11-15(19)4/h14-16,18H,5-13H2,1-4H3. The second-order valence-electron chi connectivity index (χ2n) is 7.57. The van der Waals surface area contributed by atoms with Gasteiger partial charge in [-0.25, -0.2) is 0 Å². The monoisotopic (exact) mass is 266 g/mol. The molecule has 2 heteroatoms. The molecule has 2 unspecified atom stereocenters. The van der Waals surface area contributed by atoms with Crippen LogP contribution >= 0.6 is 0 Å². The average molecular weight is 266 g/mol. The third-order valence-electron chi connectivity index (χ3n) is 5.49. The Morgan fingerprint density at radius 1 is 1.26 bits per heavy atom. The molecular formula is C17H34N2. The van der Waals surface area contributed by atoms with Gasteiger partial charge in [-0.3, -0.25) is 4.90 Å². The highest BCUT2D eigenvalue weighted by molar-refractivity contribution is 4.91. The molecule has 112 valence electrons. The highest BCUT2D eigenvalue weighted by atomic mass is 15.2. The molecule has 0 aromatic heterocycles. The lowest BCUT2D eigenvalue weighted by Gasteiger charge is -2.44. The van der Waals surface area contributed by atoms with Crippen molar-refractivity contribution in [2.45, 2.75) is 78.3 Å². The minimum absolute atomic E-state index is 0.647. The molecular weight excluding hydrogens is 232 g/mol. The van der Waals surface area contributed by atoms with Crippen molar-refractivity contribution >= 4 is 0 Å². The summed E-state index contributed by atoms with van der Waals surface area (Å²) in [6.45, 7) is 13.3. The molecule has 0 aromatic rings. The van der Waals surface area contributed by atoms with Gasteiger partial charge in [-0.15, -0.1) is 0 Å². The van der Waals surface area contributed by atoms with Gasteiger partial charge in [-0.2, -0.15) is 0 Å². The van der Waals surface area contributed by atoms with Crippen molar-refractivity contribution in [2.75, 3.05) is 19.6 Å². The Bertz CT molecular complexity index is 268. The molecule has 0 spiro atoms. The van der Waals surface area contributed by atoms with Crippen molar-refractivity contribution in [3.05, 3.63) is 0 Å². The Kier molecular flexibility index (Phi) is 5.30. The molecule has 1 saturated heterocycles. The van der Waals surface area contributed by atoms with Gasteiger partial charge in [0, 0.05) is 31.7 Å². The third-order valence-corrected chi connectivity index (χ3v) is 5.49. The predicted molar refractivity (Wildman–Crippen MR) is 83.5 cm³/mol. The molecule has 2 nitrogen and oxygen atoms in total. The van der Waals surface area contributed by atoms with Gasteiger partial charge < -0.3 is 5.32 Å². The van der Waals surface area contributed by atoms with Gasteiger partial charge in [-0.1, -0.05) is 33.6 Å². The fraction of sp³-hybridized carbons (Fsp3) is 1.00. The summed E-state index contributed by atoms with van der Waals surface area (Å²) >= 11 is 0. The van der Waals surface area contributed by atoms with Crippen LogP contribution in [0.5, 0.6) is 0 Å². The van der Waals surface area contributed by atoms with Crippen LogP contribution in [0.2, 0.25) is 0 Å². The molecule has 0 bridgehead atoms. The first-order valence-corrected chi connectivity index (χ1v) is 8.52. The van der Waals surface area contributed by atoms with Crippen LogP contribution in [0.25, 0.3) is 0 Å². The molecule has 2 atom stereocenters. The summed E-state index contributed by atoms with van der Waals surface area (Å²) in [6, 6.07) is 1.43. The number of hydrogen-bond donors (Lipinski definition) is 1. The second-order valence-corrected chi connectivity index (χ2v) is 7.57. The van der Waals surface area contributed by atoms with E-state index in [1.807, 2.05) is 0 Å². The van der Waals surface area contributed by atoms with Gasteiger partial charge in [0.15, 0.2) is 0 Å². The van der Waals surface area contributed by atoms with Crippen LogP contribution in [0.1, 0.15) is 66.2 Å². The van der Waals surface area contributed by atoms with E-state index in [2.05, 4.69) is 37.9 Å². The van der Waals surface area contributed by atoms with E-state index in [-0.39, 0.29) is 0 Å². The zero-order valence-electron chi connectivity index (χ0n) is 13.5. The van der Waals surface area contributed by atoms with Crippen LogP contribution in [-0.4, -0.2) is 36.6 Å². The van der Waals surface area contributed by atoms with Crippen LogP contribution in [0.3, 0.4) is 0 Å². The minimum Gasteiger partial charge on any atom is -0.311 e. The molecule has 2 fully saturated rings. The highest BCUT2D eigenvalue weighted by Gasteiger charge is 2.36. The van der Waals surface area contributed by atoms with Crippen molar-refractivity contribution in [3.8, 4) is 0 Å². The number of rotatable bonds is 5. The average Bonchev–Trinajstić information content (AvgIpc) is 2.82. The van der Waals surface area contributed by atoms with Crippen LogP contribution < -0.4 is 5.32 Å². The Labute approximate surface area is 120 Å². The van der Waals surface area contributed by atoms with E-state index in [1.54, 1.807) is 0 Å². The van der Waals surface area contributed by atoms with Crippen molar-refractivity contribution in [1.29, 1.82) is 0 Å². The Morgan fingerprint density at radius 2 is 1.95 bits per heavy atom. The maximum atomic E-state index is 3.74. The summed E-state index contributed by atoms with van der Waals surface area (Å²) in [6.07, 6.45) is 8.55. The molecule has 1 saturated carbocycles. The molecule has 0 aromatic carbocycles. The number of piperazine rings is 1. The smallest absolute Gasteiger partial charge is 0.0198 e. The first kappa shape index (κ1) is 15.3. The number of nitrogens with one attached hydrogen (secondary N) is 1. The molecule has 19 heavy (non-hydrogen) atoms. The predicted octanol–water partition coefficient (Wildman–Crippen LogP) is 3.67. The fourth-order valence-corrected chi connectivity index (χ4v) is 4.12. The largest absolute Gasteiger partial charge is 0.311 e. The minimum atomic E-state index is 0.647. The third kappa shape index (κ3) is 3.95. The van der Waals surface area contributed by atoms with E-state index < -0.39 is 0 Å². The SMILES string of the molecule is CCC1(CN2CC(CC(C)C)NCC2C)CCCC1. The zero-order valence-corrected chi connectivity index (χ0v) is 13.5. The van der Waals surface area contributed by atoms with Crippen molar-refractivity contribution < 1.29 is 0 Å². The lowest BCUT2D eigenvalue weighted by Crippen LogP contribution is -2.57. The van der Waals surface area contributed by atoms with E-state index in [4.69, 9.17) is 0 Å². The van der Waals surface area contributed by atoms with E-state index >= 15 is 0 Å². The molecule has 0 radical (unpaired) electrons. The van der Waals surface area contributed by atoms with E-state index in [9.17, 15) is 0 Å². The summed E-state index contributed by atoms with van der Waals surface area (Å²) in [4.78, 5) is 2.79. The number of hydrogen-bond acceptors (Lipinski definition) is 2. The van der Waals surface area contributed by atoms with Crippen LogP contribution in [0, 0.1) is 11.3 Å². The van der Waals surface area contributed by atoms with Crippen molar-refractivity contribution in [2.24, 2.45) is 11.3 Å². The molecule has 1 N–H and O–H groups in total. The summed E-state index contributed by atoms with van der Waals surface area (Å²) in [5, 5.41) is 3.74. The van der Waals surface area contributed by atoms with Crippen molar-refractivity contribution in [1.82, 2.24) is 10.2 Å². The number of nitrogens with zero attached hydrogens (tertiary/aromatic N) is 1. The maximum Gasteiger partial charge on any atom is 0.0198 e. The first-order valence-electron chi connectivity index (χ1n) is 8.52. The van der Waals surface area contributed by atoms with Gasteiger partial charge in [0.2, 0.25) is 0 Å². The normalized spacial score (nSPS) is 32.1. The van der Waals surface area contributed by atoms with Crippen LogP contribution in [0.15, 0.2) is 0 Å². The van der Waals surface area contributed by atoms with Gasteiger partial charge in [0.1, 0.15) is 0 Å². The lowest BCUT2D eigenvalue weighted by atomic mass is 9.82. The summed E-state index contributed by atoms with van der Waals surface area (Å²) in [5.41, 5.74) is 0.647. The van der Waals surface area contributed by atoms with E-state index in [0.29, 0.717) is 17.5 Å². The van der Waals surface area contributed by atoms with Gasteiger partial charge in [-0.05, 0) is 43.9 Å². The summed E-state index contributed by atoms with van der Waals surface area (Å²) in [5.74, 6) is 0.805. The molecule has 2 rings (SSSR count). The van der Waals surface area contributed by atoms with Gasteiger partial charge in [0.05, 0.1) is 0 Å². The van der Waals surface area contributed by atoms with Crippen LogP contribution in [0.4, 0.5) is 0 Å². The Balaban J connectivity index is 1.93. The second kappa shape index (κ2) is 6.58. The topological polar surface area (TPSA) is 15.3 Å². The summed E-state index contributed by atoms with van der Waals surface area (Å²) in [7, 11) is 0.